The number of aliphatic hydroxyl groups is 1. The minimum atomic E-state index is -0.625. The highest BCUT2D eigenvalue weighted by molar-refractivity contribution is 6.31. The molecule has 1 aliphatic carbocycles. The summed E-state index contributed by atoms with van der Waals surface area (Å²) in [7, 11) is 4.05. The van der Waals surface area contributed by atoms with Crippen LogP contribution < -0.4 is 9.47 Å². The number of aryl methyl sites for hydroxylation is 1. The summed E-state index contributed by atoms with van der Waals surface area (Å²) in [6, 6.07) is 4.28. The van der Waals surface area contributed by atoms with Gasteiger partial charge in [0.2, 0.25) is 0 Å². The van der Waals surface area contributed by atoms with E-state index in [1.54, 1.807) is 0 Å². The Hall–Kier alpha value is -2.50. The van der Waals surface area contributed by atoms with Gasteiger partial charge in [0.25, 0.3) is 6.01 Å². The van der Waals surface area contributed by atoms with Crippen molar-refractivity contribution >= 4 is 22.8 Å². The van der Waals surface area contributed by atoms with Gasteiger partial charge in [-0.2, -0.15) is 4.98 Å². The summed E-state index contributed by atoms with van der Waals surface area (Å²) < 4.78 is 23.1. The lowest BCUT2D eigenvalue weighted by Crippen LogP contribution is -2.34. The van der Waals surface area contributed by atoms with Gasteiger partial charge in [-0.05, 0) is 51.1 Å². The smallest absolute Gasteiger partial charge is 0.296 e. The maximum atomic E-state index is 9.94. The molecule has 2 saturated heterocycles. The Kier molecular flexibility index (Phi) is 6.47. The van der Waals surface area contributed by atoms with Gasteiger partial charge in [-0.3, -0.25) is 4.98 Å². The molecule has 36 heavy (non-hydrogen) atoms. The summed E-state index contributed by atoms with van der Waals surface area (Å²) in [6.45, 7) is 2.08. The van der Waals surface area contributed by atoms with E-state index >= 15 is 0 Å². The highest BCUT2D eigenvalue weighted by Gasteiger charge is 2.48. The third-order valence-electron chi connectivity index (χ3n) is 7.09. The fraction of sp³-hybridized carbons (Fsp3) is 0.560. The largest absolute Gasteiger partial charge is 0.491 e. The molecule has 2 aliphatic heterocycles. The molecule has 2 N–H and O–H groups in total. The number of pyridine rings is 2. The molecule has 3 aromatic rings. The number of rotatable bonds is 8. The van der Waals surface area contributed by atoms with Crippen molar-refractivity contribution in [2.45, 2.75) is 49.6 Å². The first-order valence-electron chi connectivity index (χ1n) is 12.3. The topological polar surface area (TPSA) is 115 Å². The normalized spacial score (nSPS) is 27.1. The molecule has 3 aromatic heterocycles. The third kappa shape index (κ3) is 4.64. The number of aliphatic hydroxyl groups excluding tert-OH is 1. The standard InChI is InChI=1S/C25H30ClN5O5/c1-31(2)5-6-33-15-7-13-3-4-14(21(13)27-10-15)8-17-16(26)9-18-24(28-17)30-25(29-18)36-20-12-35-22-19(32)11-34-23(20)22/h7,9-10,14,19-20,22-23,32H,3-6,8,11-12H2,1-2H3,(H,28,29,30)/t14?,19-,20-,22-,23-/m1/s1. The molecule has 2 fully saturated rings. The average Bonchev–Trinajstić information content (AvgIpc) is 3.60. The number of nitrogens with zero attached hydrogens (tertiary/aromatic N) is 4. The second-order valence-corrected chi connectivity index (χ2v) is 10.4. The summed E-state index contributed by atoms with van der Waals surface area (Å²) in [5, 5.41) is 10.5. The highest BCUT2D eigenvalue weighted by Crippen LogP contribution is 2.37. The average molecular weight is 516 g/mol. The number of H-pyrrole nitrogens is 1. The van der Waals surface area contributed by atoms with Gasteiger partial charge in [0.05, 0.1) is 35.6 Å². The lowest BCUT2D eigenvalue weighted by Gasteiger charge is -2.15. The number of aromatic amines is 1. The summed E-state index contributed by atoms with van der Waals surface area (Å²) in [5.74, 6) is 1.06. The fourth-order valence-electron chi connectivity index (χ4n) is 5.21. The second kappa shape index (κ2) is 9.75. The Bertz CT molecular complexity index is 1250. The number of hydrogen-bond acceptors (Lipinski definition) is 9. The van der Waals surface area contributed by atoms with Crippen LogP contribution in [0.2, 0.25) is 5.02 Å². The highest BCUT2D eigenvalue weighted by atomic mass is 35.5. The monoisotopic (exact) mass is 515 g/mol. The molecule has 192 valence electrons. The molecule has 0 amide bonds. The zero-order chi connectivity index (χ0) is 24.8. The molecule has 0 saturated carbocycles. The number of ether oxygens (including phenoxy) is 4. The molecule has 1 unspecified atom stereocenters. The van der Waals surface area contributed by atoms with Crippen LogP contribution in [0.25, 0.3) is 11.2 Å². The van der Waals surface area contributed by atoms with Gasteiger partial charge in [0.1, 0.15) is 30.7 Å². The van der Waals surface area contributed by atoms with Crippen molar-refractivity contribution in [3.05, 3.63) is 40.3 Å². The van der Waals surface area contributed by atoms with Gasteiger partial charge in [0.15, 0.2) is 11.8 Å². The summed E-state index contributed by atoms with van der Waals surface area (Å²) in [6.07, 6.45) is 2.80. The number of likely N-dealkylation sites (N-methyl/N-ethyl adjacent to an activating group) is 1. The Labute approximate surface area is 213 Å². The predicted molar refractivity (Wildman–Crippen MR) is 132 cm³/mol. The molecule has 0 radical (unpaired) electrons. The van der Waals surface area contributed by atoms with E-state index in [4.69, 9.17) is 40.5 Å². The fourth-order valence-corrected chi connectivity index (χ4v) is 5.44. The van der Waals surface area contributed by atoms with Gasteiger partial charge in [-0.1, -0.05) is 11.6 Å². The third-order valence-corrected chi connectivity index (χ3v) is 7.42. The van der Waals surface area contributed by atoms with Crippen molar-refractivity contribution in [1.82, 2.24) is 24.8 Å². The summed E-state index contributed by atoms with van der Waals surface area (Å²) in [5.41, 5.74) is 4.36. The molecule has 5 atom stereocenters. The first-order valence-corrected chi connectivity index (χ1v) is 12.7. The van der Waals surface area contributed by atoms with Crippen molar-refractivity contribution in [1.29, 1.82) is 0 Å². The van der Waals surface area contributed by atoms with E-state index in [-0.39, 0.29) is 30.8 Å². The number of hydrogen-bond donors (Lipinski definition) is 2. The van der Waals surface area contributed by atoms with Gasteiger partial charge in [0, 0.05) is 18.2 Å². The van der Waals surface area contributed by atoms with Gasteiger partial charge in [-0.25, -0.2) is 4.98 Å². The SMILES string of the molecule is CN(C)CCOc1cnc2c(c1)CCC2Cc1nc2nc(O[C@@H]3CO[C@H]4[C@@H]3OC[C@H]4O)[nH]c2cc1Cl. The van der Waals surface area contributed by atoms with Crippen LogP contribution in [0.3, 0.4) is 0 Å². The molecule has 0 spiro atoms. The van der Waals surface area contributed by atoms with E-state index in [9.17, 15) is 5.11 Å². The van der Waals surface area contributed by atoms with Crippen LogP contribution in [0.4, 0.5) is 0 Å². The van der Waals surface area contributed by atoms with Gasteiger partial charge < -0.3 is 33.9 Å². The minimum absolute atomic E-state index is 0.242. The quantitative estimate of drug-likeness (QED) is 0.465. The molecule has 11 heteroatoms. The van der Waals surface area contributed by atoms with E-state index in [0.717, 1.165) is 36.5 Å². The molecular formula is C25H30ClN5O5. The van der Waals surface area contributed by atoms with Crippen LogP contribution in [0.1, 0.15) is 29.3 Å². The zero-order valence-electron chi connectivity index (χ0n) is 20.3. The Morgan fingerprint density at radius 2 is 2.06 bits per heavy atom. The lowest BCUT2D eigenvalue weighted by molar-refractivity contribution is 0.00706. The van der Waals surface area contributed by atoms with Crippen LogP contribution >= 0.6 is 11.6 Å². The second-order valence-electron chi connectivity index (χ2n) is 9.96. The van der Waals surface area contributed by atoms with Crippen LogP contribution in [-0.2, 0) is 22.3 Å². The number of halogens is 1. The van der Waals surface area contributed by atoms with Crippen molar-refractivity contribution in [3.63, 3.8) is 0 Å². The van der Waals surface area contributed by atoms with E-state index < -0.39 is 6.10 Å². The Balaban J connectivity index is 1.14. The summed E-state index contributed by atoms with van der Waals surface area (Å²) in [4.78, 5) is 19.2. The molecule has 0 aromatic carbocycles. The molecular weight excluding hydrogens is 486 g/mol. The number of nitrogens with one attached hydrogen (secondary N) is 1. The van der Waals surface area contributed by atoms with Gasteiger partial charge in [-0.15, -0.1) is 0 Å². The number of imidazole rings is 1. The van der Waals surface area contributed by atoms with Gasteiger partial charge >= 0.3 is 0 Å². The molecule has 3 aliphatic rings. The Morgan fingerprint density at radius 3 is 2.92 bits per heavy atom. The molecule has 6 rings (SSSR count). The first-order chi connectivity index (χ1) is 17.4. The van der Waals surface area contributed by atoms with E-state index in [0.29, 0.717) is 41.8 Å². The van der Waals surface area contributed by atoms with Crippen molar-refractivity contribution < 1.29 is 24.1 Å². The lowest BCUT2D eigenvalue weighted by atomic mass is 10.00. The van der Waals surface area contributed by atoms with E-state index in [2.05, 4.69) is 20.9 Å². The maximum Gasteiger partial charge on any atom is 0.296 e. The van der Waals surface area contributed by atoms with Crippen molar-refractivity contribution in [2.24, 2.45) is 0 Å². The van der Waals surface area contributed by atoms with Crippen LogP contribution in [0.5, 0.6) is 11.8 Å². The minimum Gasteiger partial charge on any atom is -0.491 e. The number of fused-ring (bicyclic) bond motifs is 3. The first kappa shape index (κ1) is 23.9. The summed E-state index contributed by atoms with van der Waals surface area (Å²) >= 11 is 6.62. The Morgan fingerprint density at radius 1 is 1.19 bits per heavy atom. The van der Waals surface area contributed by atoms with E-state index in [1.165, 1.54) is 5.56 Å². The van der Waals surface area contributed by atoms with Crippen molar-refractivity contribution in [3.8, 4) is 11.8 Å². The number of aromatic nitrogens is 4. The van der Waals surface area contributed by atoms with Crippen LogP contribution in [0.15, 0.2) is 18.3 Å². The van der Waals surface area contributed by atoms with Crippen molar-refractivity contribution in [2.75, 3.05) is 40.5 Å². The van der Waals surface area contributed by atoms with Crippen LogP contribution in [-0.4, -0.2) is 94.8 Å². The molecule has 10 nitrogen and oxygen atoms in total. The zero-order valence-corrected chi connectivity index (χ0v) is 21.1. The maximum absolute atomic E-state index is 9.94. The molecule has 5 heterocycles. The molecule has 0 bridgehead atoms. The van der Waals surface area contributed by atoms with Crippen LogP contribution in [0, 0.1) is 0 Å². The van der Waals surface area contributed by atoms with E-state index in [1.807, 2.05) is 26.4 Å². The predicted octanol–water partition coefficient (Wildman–Crippen LogP) is 2.13.